The van der Waals surface area contributed by atoms with Crippen molar-refractivity contribution in [3.05, 3.63) is 69.7 Å². The van der Waals surface area contributed by atoms with Crippen LogP contribution in [0, 0.1) is 0 Å². The Morgan fingerprint density at radius 1 is 0.903 bits per heavy atom. The van der Waals surface area contributed by atoms with E-state index in [2.05, 4.69) is 16.0 Å². The van der Waals surface area contributed by atoms with Gasteiger partial charge in [-0.2, -0.15) is 0 Å². The third kappa shape index (κ3) is 8.57. The van der Waals surface area contributed by atoms with Crippen molar-refractivity contribution >= 4 is 40.9 Å². The van der Waals surface area contributed by atoms with Crippen LogP contribution in [0.15, 0.2) is 48.5 Å². The zero-order valence-corrected chi connectivity index (χ0v) is 19.0. The lowest BCUT2D eigenvalue weighted by atomic mass is 10.1. The van der Waals surface area contributed by atoms with E-state index in [0.717, 1.165) is 6.42 Å². The van der Waals surface area contributed by atoms with E-state index in [0.29, 0.717) is 11.6 Å². The van der Waals surface area contributed by atoms with Gasteiger partial charge >= 0.3 is 0 Å². The fourth-order valence-corrected chi connectivity index (χ4v) is 3.28. The highest BCUT2D eigenvalue weighted by atomic mass is 35.5. The molecule has 3 amide bonds. The van der Waals surface area contributed by atoms with Crippen molar-refractivity contribution in [2.45, 2.75) is 12.5 Å². The van der Waals surface area contributed by atoms with Gasteiger partial charge in [-0.1, -0.05) is 53.5 Å². The van der Waals surface area contributed by atoms with Crippen molar-refractivity contribution in [2.75, 3.05) is 33.7 Å². The predicted octanol–water partition coefficient (Wildman–Crippen LogP) is 2.13. The van der Waals surface area contributed by atoms with Gasteiger partial charge in [-0.15, -0.1) is 0 Å². The second-order valence-corrected chi connectivity index (χ2v) is 8.04. The molecular formula is C22H26Cl2N4O3. The summed E-state index contributed by atoms with van der Waals surface area (Å²) in [6, 6.07) is 14.6. The number of nitrogens with one attached hydrogen (secondary N) is 3. The minimum absolute atomic E-state index is 0.116. The second kappa shape index (κ2) is 12.3. The highest BCUT2D eigenvalue weighted by molar-refractivity contribution is 6.36. The third-order valence-corrected chi connectivity index (χ3v) is 5.16. The molecule has 0 aromatic heterocycles. The quantitative estimate of drug-likeness (QED) is 0.502. The number of hydrogen-bond acceptors (Lipinski definition) is 4. The van der Waals surface area contributed by atoms with Gasteiger partial charge in [0.15, 0.2) is 0 Å². The maximum absolute atomic E-state index is 12.1. The van der Waals surface area contributed by atoms with E-state index in [4.69, 9.17) is 23.2 Å². The normalized spacial score (nSPS) is 11.6. The van der Waals surface area contributed by atoms with Crippen LogP contribution in [0.3, 0.4) is 0 Å². The van der Waals surface area contributed by atoms with Crippen LogP contribution in [0.4, 0.5) is 0 Å². The van der Waals surface area contributed by atoms with Gasteiger partial charge in [0.1, 0.15) is 0 Å². The molecule has 0 aliphatic rings. The average Bonchev–Trinajstić information content (AvgIpc) is 2.74. The molecule has 0 radical (unpaired) electrons. The van der Waals surface area contributed by atoms with Crippen LogP contribution < -0.4 is 16.0 Å². The van der Waals surface area contributed by atoms with E-state index >= 15 is 0 Å². The number of halogens is 2. The summed E-state index contributed by atoms with van der Waals surface area (Å²) in [7, 11) is 3.91. The summed E-state index contributed by atoms with van der Waals surface area (Å²) in [4.78, 5) is 38.2. The molecule has 2 aromatic carbocycles. The van der Waals surface area contributed by atoms with Crippen LogP contribution in [0.5, 0.6) is 0 Å². The second-order valence-electron chi connectivity index (χ2n) is 7.19. The average molecular weight is 465 g/mol. The Hall–Kier alpha value is -2.61. The van der Waals surface area contributed by atoms with Crippen molar-refractivity contribution in [1.29, 1.82) is 0 Å². The zero-order valence-electron chi connectivity index (χ0n) is 17.5. The molecule has 0 saturated heterocycles. The van der Waals surface area contributed by atoms with Gasteiger partial charge in [-0.3, -0.25) is 14.4 Å². The zero-order chi connectivity index (χ0) is 22.8. The Morgan fingerprint density at radius 3 is 2.19 bits per heavy atom. The van der Waals surface area contributed by atoms with Gasteiger partial charge in [0.05, 0.1) is 23.7 Å². The molecule has 0 bridgehead atoms. The summed E-state index contributed by atoms with van der Waals surface area (Å²) in [5.41, 5.74) is 1.39. The number of rotatable bonds is 10. The fraction of sp³-hybridized carbons (Fsp3) is 0.318. The van der Waals surface area contributed by atoms with E-state index in [1.165, 1.54) is 23.8 Å². The van der Waals surface area contributed by atoms with Gasteiger partial charge in [0.25, 0.3) is 5.91 Å². The van der Waals surface area contributed by atoms with E-state index in [1.54, 1.807) is 0 Å². The number of nitrogens with zero attached hydrogens (tertiary/aromatic N) is 1. The topological polar surface area (TPSA) is 90.5 Å². The number of carbonyl (C=O) groups is 3. The lowest BCUT2D eigenvalue weighted by Crippen LogP contribution is -2.46. The Kier molecular flexibility index (Phi) is 9.78. The number of benzene rings is 2. The van der Waals surface area contributed by atoms with Crippen molar-refractivity contribution in [3.8, 4) is 0 Å². The van der Waals surface area contributed by atoms with E-state index in [-0.39, 0.29) is 35.6 Å². The first-order chi connectivity index (χ1) is 14.8. The molecule has 2 aromatic rings. The molecule has 0 aliphatic heterocycles. The van der Waals surface area contributed by atoms with Gasteiger partial charge in [0, 0.05) is 17.6 Å². The molecule has 1 atom stereocenters. The molecule has 0 fully saturated rings. The Morgan fingerprint density at radius 2 is 1.55 bits per heavy atom. The highest BCUT2D eigenvalue weighted by Crippen LogP contribution is 2.20. The Balaban J connectivity index is 1.72. The van der Waals surface area contributed by atoms with E-state index in [9.17, 15) is 14.4 Å². The first-order valence-electron chi connectivity index (χ1n) is 9.73. The summed E-state index contributed by atoms with van der Waals surface area (Å²) >= 11 is 11.8. The van der Waals surface area contributed by atoms with E-state index in [1.807, 2.05) is 49.3 Å². The molecule has 1 unspecified atom stereocenters. The molecule has 2 rings (SSSR count). The molecule has 0 heterocycles. The fourth-order valence-electron chi connectivity index (χ4n) is 2.79. The van der Waals surface area contributed by atoms with Crippen LogP contribution in [0.25, 0.3) is 0 Å². The lowest BCUT2D eigenvalue weighted by Gasteiger charge is -2.24. The molecule has 31 heavy (non-hydrogen) atoms. The molecule has 3 N–H and O–H groups in total. The minimum Gasteiger partial charge on any atom is -0.353 e. The highest BCUT2D eigenvalue weighted by Gasteiger charge is 2.15. The SMILES string of the molecule is CN(C)C(CNC(=O)CNC(=O)CNC(=O)c1ccc(Cl)cc1Cl)Cc1ccccc1. The van der Waals surface area contributed by atoms with Crippen molar-refractivity contribution in [2.24, 2.45) is 0 Å². The number of amides is 3. The number of likely N-dealkylation sites (N-methyl/N-ethyl adjacent to an activating group) is 1. The molecular weight excluding hydrogens is 439 g/mol. The molecule has 0 aliphatic carbocycles. The van der Waals surface area contributed by atoms with Crippen molar-refractivity contribution < 1.29 is 14.4 Å². The number of carbonyl (C=O) groups excluding carboxylic acids is 3. The maximum Gasteiger partial charge on any atom is 0.253 e. The summed E-state index contributed by atoms with van der Waals surface area (Å²) in [6.45, 7) is -0.0102. The van der Waals surface area contributed by atoms with Gasteiger partial charge < -0.3 is 20.9 Å². The van der Waals surface area contributed by atoms with Crippen LogP contribution in [0.1, 0.15) is 15.9 Å². The van der Waals surface area contributed by atoms with Gasteiger partial charge in [0.2, 0.25) is 11.8 Å². The van der Waals surface area contributed by atoms with Gasteiger partial charge in [-0.05, 0) is 44.3 Å². The molecule has 0 saturated carbocycles. The van der Waals surface area contributed by atoms with E-state index < -0.39 is 11.8 Å². The molecule has 7 nitrogen and oxygen atoms in total. The van der Waals surface area contributed by atoms with Gasteiger partial charge in [-0.25, -0.2) is 0 Å². The van der Waals surface area contributed by atoms with Crippen LogP contribution in [0.2, 0.25) is 10.0 Å². The van der Waals surface area contributed by atoms with Crippen LogP contribution in [-0.2, 0) is 16.0 Å². The predicted molar refractivity (Wildman–Crippen MR) is 122 cm³/mol. The maximum atomic E-state index is 12.1. The molecule has 166 valence electrons. The number of hydrogen-bond donors (Lipinski definition) is 3. The first kappa shape index (κ1) is 24.7. The Labute approximate surface area is 192 Å². The monoisotopic (exact) mass is 464 g/mol. The Bertz CT molecular complexity index is 907. The molecule has 9 heteroatoms. The lowest BCUT2D eigenvalue weighted by molar-refractivity contribution is -0.125. The molecule has 0 spiro atoms. The minimum atomic E-state index is -0.504. The summed E-state index contributed by atoms with van der Waals surface area (Å²) in [5.74, 6) is -1.29. The van der Waals surface area contributed by atoms with Crippen molar-refractivity contribution in [1.82, 2.24) is 20.9 Å². The summed E-state index contributed by atoms with van der Waals surface area (Å²) in [5, 5.41) is 8.37. The van der Waals surface area contributed by atoms with Crippen LogP contribution in [-0.4, -0.2) is 62.4 Å². The largest absolute Gasteiger partial charge is 0.353 e. The first-order valence-corrected chi connectivity index (χ1v) is 10.5. The smallest absolute Gasteiger partial charge is 0.253 e. The standard InChI is InChI=1S/C22H26Cl2N4O3/c1-28(2)17(10-15-6-4-3-5-7-15)12-25-20(29)13-26-21(30)14-27-22(31)18-9-8-16(23)11-19(18)24/h3-9,11,17H,10,12-14H2,1-2H3,(H,25,29)(H,26,30)(H,27,31). The summed E-state index contributed by atoms with van der Waals surface area (Å²) in [6.07, 6.45) is 0.791. The van der Waals surface area contributed by atoms with Crippen molar-refractivity contribution in [3.63, 3.8) is 0 Å². The summed E-state index contributed by atoms with van der Waals surface area (Å²) < 4.78 is 0. The van der Waals surface area contributed by atoms with Crippen LogP contribution >= 0.6 is 23.2 Å². The third-order valence-electron chi connectivity index (χ3n) is 4.61.